The van der Waals surface area contributed by atoms with Crippen LogP contribution in [-0.4, -0.2) is 49.8 Å². The molecule has 1 saturated heterocycles. The topological polar surface area (TPSA) is 40.6 Å². The second-order valence-corrected chi connectivity index (χ2v) is 7.01. The molecule has 0 radical (unpaired) electrons. The first-order valence-corrected chi connectivity index (χ1v) is 8.02. The Balaban J connectivity index is 1.76. The number of piperazine rings is 1. The lowest BCUT2D eigenvalue weighted by Crippen LogP contribution is -2.49. The van der Waals surface area contributed by atoms with Crippen LogP contribution in [0.1, 0.15) is 12.8 Å². The van der Waals surface area contributed by atoms with Crippen molar-refractivity contribution in [3.63, 3.8) is 0 Å². The Bertz CT molecular complexity index is 564. The molecule has 2 fully saturated rings. The molecule has 0 amide bonds. The molecule has 6 heteroatoms. The van der Waals surface area contributed by atoms with Crippen molar-refractivity contribution < 1.29 is 12.8 Å². The van der Waals surface area contributed by atoms with Crippen LogP contribution in [0.5, 0.6) is 0 Å². The molecule has 0 spiro atoms. The van der Waals surface area contributed by atoms with E-state index in [4.69, 9.17) is 0 Å². The molecule has 0 bridgehead atoms. The minimum atomic E-state index is -3.69. The van der Waals surface area contributed by atoms with Gasteiger partial charge in [-0.25, -0.2) is 12.8 Å². The van der Waals surface area contributed by atoms with Crippen molar-refractivity contribution in [2.45, 2.75) is 23.8 Å². The summed E-state index contributed by atoms with van der Waals surface area (Å²) < 4.78 is 39.8. The minimum absolute atomic E-state index is 0.213. The van der Waals surface area contributed by atoms with Crippen molar-refractivity contribution in [3.8, 4) is 0 Å². The quantitative estimate of drug-likeness (QED) is 0.840. The van der Waals surface area contributed by atoms with Gasteiger partial charge < -0.3 is 0 Å². The number of halogens is 1. The Morgan fingerprint density at radius 2 is 1.68 bits per heavy atom. The normalized spacial score (nSPS) is 22.6. The summed E-state index contributed by atoms with van der Waals surface area (Å²) in [5, 5.41) is 0. The summed E-state index contributed by atoms with van der Waals surface area (Å²) in [6, 6.07) is 6.22. The summed E-state index contributed by atoms with van der Waals surface area (Å²) >= 11 is 0. The average Bonchev–Trinajstić information content (AvgIpc) is 3.23. The van der Waals surface area contributed by atoms with Crippen LogP contribution < -0.4 is 0 Å². The van der Waals surface area contributed by atoms with Gasteiger partial charge in [0.15, 0.2) is 0 Å². The Morgan fingerprint density at radius 1 is 1.05 bits per heavy atom. The third kappa shape index (κ3) is 2.52. The van der Waals surface area contributed by atoms with Gasteiger partial charge in [-0.15, -0.1) is 0 Å². The van der Waals surface area contributed by atoms with E-state index in [-0.39, 0.29) is 4.90 Å². The van der Waals surface area contributed by atoms with Gasteiger partial charge in [0.2, 0.25) is 10.0 Å². The number of rotatable bonds is 3. The Kier molecular flexibility index (Phi) is 3.32. The Morgan fingerprint density at radius 3 is 2.26 bits per heavy atom. The fourth-order valence-corrected chi connectivity index (χ4v) is 4.03. The van der Waals surface area contributed by atoms with E-state index in [1.165, 1.54) is 35.3 Å². The van der Waals surface area contributed by atoms with Gasteiger partial charge in [-0.05, 0) is 25.0 Å². The van der Waals surface area contributed by atoms with E-state index in [9.17, 15) is 12.8 Å². The van der Waals surface area contributed by atoms with Crippen LogP contribution >= 0.6 is 0 Å². The van der Waals surface area contributed by atoms with Gasteiger partial charge in [-0.2, -0.15) is 4.31 Å². The van der Waals surface area contributed by atoms with E-state index < -0.39 is 15.8 Å². The average molecular weight is 284 g/mol. The largest absolute Gasteiger partial charge is 0.298 e. The molecule has 1 aliphatic carbocycles. The van der Waals surface area contributed by atoms with Crippen LogP contribution in [0.2, 0.25) is 0 Å². The highest BCUT2D eigenvalue weighted by Gasteiger charge is 2.35. The molecule has 104 valence electrons. The highest BCUT2D eigenvalue weighted by molar-refractivity contribution is 7.89. The maximum absolute atomic E-state index is 13.6. The minimum Gasteiger partial charge on any atom is -0.298 e. The second kappa shape index (κ2) is 4.85. The molecule has 0 N–H and O–H groups in total. The van der Waals surface area contributed by atoms with Crippen molar-refractivity contribution in [2.24, 2.45) is 0 Å². The third-order valence-electron chi connectivity index (χ3n) is 3.79. The zero-order valence-electron chi connectivity index (χ0n) is 10.6. The number of hydrogen-bond acceptors (Lipinski definition) is 3. The molecule has 19 heavy (non-hydrogen) atoms. The van der Waals surface area contributed by atoms with Gasteiger partial charge in [-0.1, -0.05) is 12.1 Å². The fourth-order valence-electron chi connectivity index (χ4n) is 2.54. The van der Waals surface area contributed by atoms with Gasteiger partial charge in [-0.3, -0.25) is 4.90 Å². The lowest BCUT2D eigenvalue weighted by molar-refractivity contribution is 0.180. The SMILES string of the molecule is O=S(=O)(c1ccccc1F)N1CCN(C2CC2)CC1. The summed E-state index contributed by atoms with van der Waals surface area (Å²) in [6.07, 6.45) is 2.44. The van der Waals surface area contributed by atoms with Crippen LogP contribution in [0.15, 0.2) is 29.2 Å². The van der Waals surface area contributed by atoms with Crippen molar-refractivity contribution >= 4 is 10.0 Å². The smallest absolute Gasteiger partial charge is 0.246 e. The monoisotopic (exact) mass is 284 g/mol. The van der Waals surface area contributed by atoms with Crippen LogP contribution in [0.4, 0.5) is 4.39 Å². The summed E-state index contributed by atoms with van der Waals surface area (Å²) in [5.41, 5.74) is 0. The predicted octanol–water partition coefficient (Wildman–Crippen LogP) is 1.29. The van der Waals surface area contributed by atoms with Gasteiger partial charge in [0.1, 0.15) is 10.7 Å². The summed E-state index contributed by atoms with van der Waals surface area (Å²) in [7, 11) is -3.69. The molecule has 1 aliphatic heterocycles. The zero-order chi connectivity index (χ0) is 13.5. The van der Waals surface area contributed by atoms with E-state index in [0.29, 0.717) is 19.1 Å². The zero-order valence-corrected chi connectivity index (χ0v) is 11.4. The molecule has 4 nitrogen and oxygen atoms in total. The Labute approximate surface area is 112 Å². The number of sulfonamides is 1. The molecule has 3 rings (SSSR count). The highest BCUT2D eigenvalue weighted by Crippen LogP contribution is 2.28. The second-order valence-electron chi connectivity index (χ2n) is 5.10. The molecule has 0 atom stereocenters. The molecular weight excluding hydrogens is 267 g/mol. The van der Waals surface area contributed by atoms with Crippen LogP contribution in [0, 0.1) is 5.82 Å². The third-order valence-corrected chi connectivity index (χ3v) is 5.72. The van der Waals surface area contributed by atoms with Crippen LogP contribution in [0.3, 0.4) is 0 Å². The van der Waals surface area contributed by atoms with Gasteiger partial charge in [0.05, 0.1) is 0 Å². The first-order valence-electron chi connectivity index (χ1n) is 6.58. The molecule has 2 aliphatic rings. The van der Waals surface area contributed by atoms with E-state index in [1.54, 1.807) is 6.07 Å². The van der Waals surface area contributed by atoms with Crippen molar-refractivity contribution in [3.05, 3.63) is 30.1 Å². The molecule has 1 saturated carbocycles. The van der Waals surface area contributed by atoms with E-state index in [1.807, 2.05) is 0 Å². The highest BCUT2D eigenvalue weighted by atomic mass is 32.2. The van der Waals surface area contributed by atoms with Gasteiger partial charge >= 0.3 is 0 Å². The van der Waals surface area contributed by atoms with Crippen molar-refractivity contribution in [1.29, 1.82) is 0 Å². The number of nitrogens with zero attached hydrogens (tertiary/aromatic N) is 2. The number of benzene rings is 1. The fraction of sp³-hybridized carbons (Fsp3) is 0.538. The van der Waals surface area contributed by atoms with Crippen LogP contribution in [-0.2, 0) is 10.0 Å². The predicted molar refractivity (Wildman–Crippen MR) is 69.8 cm³/mol. The standard InChI is InChI=1S/C13H17FN2O2S/c14-12-3-1-2-4-13(12)19(17,18)16-9-7-15(8-10-16)11-5-6-11/h1-4,11H,5-10H2. The molecule has 0 unspecified atom stereocenters. The Hall–Kier alpha value is -0.980. The maximum Gasteiger partial charge on any atom is 0.246 e. The van der Waals surface area contributed by atoms with Crippen molar-refractivity contribution in [1.82, 2.24) is 9.21 Å². The molecule has 0 aromatic heterocycles. The molecular formula is C13H17FN2O2S. The molecule has 1 aromatic carbocycles. The summed E-state index contributed by atoms with van der Waals surface area (Å²) in [6.45, 7) is 2.40. The lowest BCUT2D eigenvalue weighted by atomic mass is 10.3. The van der Waals surface area contributed by atoms with E-state index in [0.717, 1.165) is 13.1 Å². The summed E-state index contributed by atoms with van der Waals surface area (Å²) in [5.74, 6) is -0.674. The van der Waals surface area contributed by atoms with Crippen LogP contribution in [0.25, 0.3) is 0 Å². The first kappa shape index (κ1) is 13.0. The lowest BCUT2D eigenvalue weighted by Gasteiger charge is -2.34. The van der Waals surface area contributed by atoms with Gasteiger partial charge in [0, 0.05) is 32.2 Å². The van der Waals surface area contributed by atoms with E-state index in [2.05, 4.69) is 4.90 Å². The maximum atomic E-state index is 13.6. The molecule has 1 aromatic rings. The number of hydrogen-bond donors (Lipinski definition) is 0. The first-order chi connectivity index (χ1) is 9.09. The van der Waals surface area contributed by atoms with Gasteiger partial charge in [0.25, 0.3) is 0 Å². The molecule has 1 heterocycles. The van der Waals surface area contributed by atoms with E-state index >= 15 is 0 Å². The van der Waals surface area contributed by atoms with Crippen molar-refractivity contribution in [2.75, 3.05) is 26.2 Å². The summed E-state index contributed by atoms with van der Waals surface area (Å²) in [4.78, 5) is 2.11.